The van der Waals surface area contributed by atoms with Crippen LogP contribution in [0.5, 0.6) is 0 Å². The summed E-state index contributed by atoms with van der Waals surface area (Å²) in [6.07, 6.45) is -2.19. The number of rotatable bonds is 6. The van der Waals surface area contributed by atoms with E-state index >= 15 is 0 Å². The molecule has 1 rings (SSSR count). The van der Waals surface area contributed by atoms with Crippen LogP contribution in [-0.4, -0.2) is 78.8 Å². The Morgan fingerprint density at radius 3 is 1.69 bits per heavy atom. The van der Waals surface area contributed by atoms with Crippen molar-refractivity contribution in [1.29, 1.82) is 0 Å². The first-order chi connectivity index (χ1) is 11.7. The fourth-order valence-corrected chi connectivity index (χ4v) is 3.36. The zero-order valence-corrected chi connectivity index (χ0v) is 14.5. The molecule has 0 aromatic carbocycles. The summed E-state index contributed by atoms with van der Waals surface area (Å²) in [7, 11) is 0. The van der Waals surface area contributed by atoms with Crippen molar-refractivity contribution in [2.24, 2.45) is 5.11 Å². The highest BCUT2D eigenvalue weighted by atomic mass is 16.6. The lowest BCUT2D eigenvalue weighted by atomic mass is 9.57. The van der Waals surface area contributed by atoms with Gasteiger partial charge in [-0.05, 0) is 38.3 Å². The van der Waals surface area contributed by atoms with Crippen LogP contribution in [0.1, 0.15) is 27.7 Å². The molecule has 12 nitrogen and oxygen atoms in total. The van der Waals surface area contributed by atoms with E-state index in [-0.39, 0.29) is 0 Å². The molecule has 0 aromatic rings. The Morgan fingerprint density at radius 2 is 1.42 bits per heavy atom. The van der Waals surface area contributed by atoms with Crippen LogP contribution in [0, 0.1) is 0 Å². The Balaban J connectivity index is 4.23. The van der Waals surface area contributed by atoms with Crippen molar-refractivity contribution in [3.05, 3.63) is 10.4 Å². The van der Waals surface area contributed by atoms with Crippen LogP contribution >= 0.6 is 0 Å². The second-order valence-electron chi connectivity index (χ2n) is 6.03. The second kappa shape index (κ2) is 6.50. The highest BCUT2D eigenvalue weighted by Crippen LogP contribution is 2.52. The fraction of sp³-hybridized carbons (Fsp3) is 0.714. The second-order valence-corrected chi connectivity index (χ2v) is 6.03. The first kappa shape index (κ1) is 21.8. The van der Waals surface area contributed by atoms with Crippen LogP contribution in [-0.2, 0) is 23.9 Å². The number of ether oxygens (including phenoxy) is 1. The van der Waals surface area contributed by atoms with Crippen LogP contribution in [0.15, 0.2) is 5.11 Å². The highest BCUT2D eigenvalue weighted by Gasteiger charge is 2.83. The Hall–Kier alpha value is -2.21. The van der Waals surface area contributed by atoms with Crippen LogP contribution in [0.2, 0.25) is 0 Å². The molecule has 1 heterocycles. The number of hydrogen-bond donors (Lipinski definition) is 4. The maximum atomic E-state index is 12.3. The van der Waals surface area contributed by atoms with Gasteiger partial charge in [0, 0.05) is 4.91 Å². The maximum Gasteiger partial charge on any atom is 0.244 e. The molecule has 0 spiro atoms. The van der Waals surface area contributed by atoms with Crippen molar-refractivity contribution in [2.75, 3.05) is 6.61 Å². The van der Waals surface area contributed by atoms with Gasteiger partial charge in [-0.3, -0.25) is 19.2 Å². The van der Waals surface area contributed by atoms with Crippen LogP contribution in [0.25, 0.3) is 10.4 Å². The molecule has 144 valence electrons. The quantitative estimate of drug-likeness (QED) is 0.229. The van der Waals surface area contributed by atoms with Gasteiger partial charge in [0.15, 0.2) is 28.7 Å². The molecule has 0 amide bonds. The minimum absolute atomic E-state index is 0.627. The standard InChI is InChI=1S/C14H19N3O9/c1-6(19)11(23)10(5-18)26-14(9(4)22,16-17-15)13(25,8(3)21)12(11,24)7(2)20/h10,18,23-25H,5H2,1-4H3/t10-,11-,12+,13-,14?/m1/s1. The van der Waals surface area contributed by atoms with Gasteiger partial charge in [-0.2, -0.15) is 0 Å². The molecule has 0 aromatic heterocycles. The van der Waals surface area contributed by atoms with E-state index in [1.54, 1.807) is 0 Å². The predicted octanol–water partition coefficient (Wildman–Crippen LogP) is -2.07. The lowest BCUT2D eigenvalue weighted by molar-refractivity contribution is -0.341. The topological polar surface area (TPSA) is 207 Å². The van der Waals surface area contributed by atoms with E-state index in [4.69, 9.17) is 10.3 Å². The van der Waals surface area contributed by atoms with E-state index in [2.05, 4.69) is 10.0 Å². The molecule has 1 saturated heterocycles. The number of hydrogen-bond acceptors (Lipinski definition) is 10. The SMILES string of the molecule is CC(=O)C1(N=[N+]=[N-])O[C@H](CO)[C@](O)(C(C)=O)[C@@](O)(C(C)=O)[C@]1(O)C(C)=O. The van der Waals surface area contributed by atoms with Crippen LogP contribution < -0.4 is 0 Å². The first-order valence-electron chi connectivity index (χ1n) is 7.31. The van der Waals surface area contributed by atoms with E-state index in [1.165, 1.54) is 0 Å². The molecular weight excluding hydrogens is 354 g/mol. The van der Waals surface area contributed by atoms with Crippen molar-refractivity contribution < 1.29 is 44.3 Å². The van der Waals surface area contributed by atoms with Crippen molar-refractivity contribution in [3.63, 3.8) is 0 Å². The molecule has 1 aliphatic heterocycles. The largest absolute Gasteiger partial charge is 0.394 e. The van der Waals surface area contributed by atoms with Crippen molar-refractivity contribution in [2.45, 2.75) is 56.3 Å². The van der Waals surface area contributed by atoms with Gasteiger partial charge in [0.2, 0.25) is 16.9 Å². The minimum atomic E-state index is -3.68. The number of ketones is 4. The number of aliphatic hydroxyl groups is 4. The lowest BCUT2D eigenvalue weighted by Crippen LogP contribution is -2.90. The monoisotopic (exact) mass is 373 g/mol. The van der Waals surface area contributed by atoms with E-state index in [9.17, 15) is 39.6 Å². The minimum Gasteiger partial charge on any atom is -0.394 e. The van der Waals surface area contributed by atoms with E-state index in [0.717, 1.165) is 6.92 Å². The molecule has 4 N–H and O–H groups in total. The molecule has 0 radical (unpaired) electrons. The molecule has 5 atom stereocenters. The maximum absolute atomic E-state index is 12.3. The molecule has 0 aliphatic carbocycles. The lowest BCUT2D eigenvalue weighted by Gasteiger charge is -2.60. The molecule has 12 heteroatoms. The first-order valence-corrected chi connectivity index (χ1v) is 7.31. The number of azide groups is 1. The highest BCUT2D eigenvalue weighted by molar-refractivity contribution is 6.09. The average molecular weight is 373 g/mol. The van der Waals surface area contributed by atoms with Crippen LogP contribution in [0.4, 0.5) is 0 Å². The van der Waals surface area contributed by atoms with Gasteiger partial charge >= 0.3 is 0 Å². The molecule has 1 aliphatic rings. The summed E-state index contributed by atoms with van der Waals surface area (Å²) >= 11 is 0. The third kappa shape index (κ3) is 2.18. The Bertz CT molecular complexity index is 729. The Kier molecular flexibility index (Phi) is 5.46. The van der Waals surface area contributed by atoms with Gasteiger partial charge in [-0.15, -0.1) is 0 Å². The van der Waals surface area contributed by atoms with Gasteiger partial charge in [0.25, 0.3) is 0 Å². The summed E-state index contributed by atoms with van der Waals surface area (Å²) < 4.78 is 5.05. The van der Waals surface area contributed by atoms with Gasteiger partial charge in [-0.25, -0.2) is 0 Å². The Labute approximate surface area is 147 Å². The summed E-state index contributed by atoms with van der Waals surface area (Å²) in [5.74, 6) is -5.69. The summed E-state index contributed by atoms with van der Waals surface area (Å²) in [6, 6.07) is 0. The molecule has 0 bridgehead atoms. The van der Waals surface area contributed by atoms with Crippen molar-refractivity contribution in [3.8, 4) is 0 Å². The van der Waals surface area contributed by atoms with Gasteiger partial charge < -0.3 is 25.2 Å². The zero-order chi connectivity index (χ0) is 20.7. The van der Waals surface area contributed by atoms with Crippen molar-refractivity contribution in [1.82, 2.24) is 0 Å². The smallest absolute Gasteiger partial charge is 0.244 e. The molecule has 26 heavy (non-hydrogen) atoms. The number of aliphatic hydroxyl groups excluding tert-OH is 1. The van der Waals surface area contributed by atoms with Gasteiger partial charge in [0.1, 0.15) is 6.10 Å². The molecular formula is C14H19N3O9. The molecule has 1 unspecified atom stereocenters. The summed E-state index contributed by atoms with van der Waals surface area (Å²) in [5, 5.41) is 45.3. The summed E-state index contributed by atoms with van der Waals surface area (Å²) in [6.45, 7) is 1.43. The Morgan fingerprint density at radius 1 is 0.962 bits per heavy atom. The number of Topliss-reactive ketones (excluding diaryl/α,β-unsaturated/α-hetero) is 4. The number of carbonyl (C=O) groups is 4. The van der Waals surface area contributed by atoms with Crippen LogP contribution in [0.3, 0.4) is 0 Å². The third-order valence-electron chi connectivity index (χ3n) is 4.73. The fourth-order valence-electron chi connectivity index (χ4n) is 3.36. The van der Waals surface area contributed by atoms with E-state index < -0.39 is 58.4 Å². The number of carbonyl (C=O) groups excluding carboxylic acids is 4. The zero-order valence-electron chi connectivity index (χ0n) is 14.5. The number of nitrogens with zero attached hydrogens (tertiary/aromatic N) is 3. The van der Waals surface area contributed by atoms with E-state index in [1.807, 2.05) is 0 Å². The molecule has 1 fully saturated rings. The third-order valence-corrected chi connectivity index (χ3v) is 4.73. The molecule has 0 saturated carbocycles. The predicted molar refractivity (Wildman–Crippen MR) is 81.4 cm³/mol. The summed E-state index contributed by atoms with van der Waals surface area (Å²) in [4.78, 5) is 51.2. The average Bonchev–Trinajstić information content (AvgIpc) is 2.54. The van der Waals surface area contributed by atoms with E-state index in [0.29, 0.717) is 20.8 Å². The van der Waals surface area contributed by atoms with Gasteiger partial charge in [-0.1, -0.05) is 0 Å². The van der Waals surface area contributed by atoms with Gasteiger partial charge in [0.05, 0.1) is 6.61 Å². The summed E-state index contributed by atoms with van der Waals surface area (Å²) in [5.41, 5.74) is -5.12. The van der Waals surface area contributed by atoms with Crippen molar-refractivity contribution >= 4 is 23.1 Å². The normalized spacial score (nSPS) is 39.6.